The molecule has 2 fully saturated rings. The monoisotopic (exact) mass is 486 g/mol. The molecule has 152 valence electrons. The molecule has 27 heavy (non-hydrogen) atoms. The maximum Gasteiger partial charge on any atom is 0.194 e. The Bertz CT molecular complexity index is 634. The second-order valence-corrected chi connectivity index (χ2v) is 8.40. The highest BCUT2D eigenvalue weighted by molar-refractivity contribution is 14.0. The minimum absolute atomic E-state index is 0. The molecule has 1 aromatic heterocycles. The summed E-state index contributed by atoms with van der Waals surface area (Å²) >= 11 is 0. The number of guanidine groups is 1. The third-order valence-corrected chi connectivity index (χ3v) is 6.54. The molecule has 1 saturated carbocycles. The number of aliphatic imine (C=N–C) groups is 1. The summed E-state index contributed by atoms with van der Waals surface area (Å²) in [6, 6.07) is 0. The lowest BCUT2D eigenvalue weighted by molar-refractivity contribution is 0.203. The van der Waals surface area contributed by atoms with E-state index in [2.05, 4.69) is 31.9 Å². The van der Waals surface area contributed by atoms with Crippen LogP contribution in [0.3, 0.4) is 0 Å². The second-order valence-electron chi connectivity index (χ2n) is 8.40. The molecular weight excluding hydrogens is 451 g/mol. The normalized spacial score (nSPS) is 22.3. The number of fused-ring (bicyclic) bond motifs is 1. The molecule has 3 aliphatic rings. The number of halogens is 1. The summed E-state index contributed by atoms with van der Waals surface area (Å²) in [5, 5.41) is 12.4. The molecule has 0 aromatic carbocycles. The maximum atomic E-state index is 4.96. The first-order chi connectivity index (χ1) is 12.8. The molecule has 1 aromatic rings. The number of nitrogens with one attached hydrogen (secondary N) is 1. The predicted molar refractivity (Wildman–Crippen MR) is 120 cm³/mol. The van der Waals surface area contributed by atoms with Crippen molar-refractivity contribution in [3.05, 3.63) is 11.6 Å². The van der Waals surface area contributed by atoms with Gasteiger partial charge in [-0.15, -0.1) is 34.2 Å². The van der Waals surface area contributed by atoms with Crippen LogP contribution < -0.4 is 5.32 Å². The Labute approximate surface area is 180 Å². The van der Waals surface area contributed by atoms with Crippen LogP contribution in [-0.2, 0) is 19.5 Å². The van der Waals surface area contributed by atoms with Crippen molar-refractivity contribution in [1.82, 2.24) is 25.0 Å². The molecule has 7 heteroatoms. The highest BCUT2D eigenvalue weighted by atomic mass is 127. The van der Waals surface area contributed by atoms with Crippen molar-refractivity contribution in [2.24, 2.45) is 10.4 Å². The highest BCUT2D eigenvalue weighted by Crippen LogP contribution is 2.43. The van der Waals surface area contributed by atoms with Gasteiger partial charge in [0.05, 0.1) is 0 Å². The molecule has 4 rings (SSSR count). The lowest BCUT2D eigenvalue weighted by atomic mass is 9.73. The number of hydrogen-bond donors (Lipinski definition) is 1. The van der Waals surface area contributed by atoms with Gasteiger partial charge in [0, 0.05) is 32.6 Å². The molecule has 2 aliphatic heterocycles. The zero-order chi connectivity index (χ0) is 17.8. The molecule has 1 N–H and O–H groups in total. The first kappa shape index (κ1) is 20.9. The number of likely N-dealkylation sites (tertiary alicyclic amines) is 1. The van der Waals surface area contributed by atoms with E-state index in [9.17, 15) is 0 Å². The topological polar surface area (TPSA) is 58.3 Å². The molecule has 1 aliphatic carbocycles. The van der Waals surface area contributed by atoms with Gasteiger partial charge in [0.15, 0.2) is 11.8 Å². The van der Waals surface area contributed by atoms with E-state index in [4.69, 9.17) is 4.99 Å². The van der Waals surface area contributed by atoms with E-state index in [1.165, 1.54) is 64.3 Å². The third kappa shape index (κ3) is 4.77. The molecular formula is C20H35IN6. The Morgan fingerprint density at radius 2 is 1.85 bits per heavy atom. The molecule has 1 saturated heterocycles. The Balaban J connectivity index is 0.00000210. The second kappa shape index (κ2) is 9.56. The third-order valence-electron chi connectivity index (χ3n) is 6.54. The van der Waals surface area contributed by atoms with Gasteiger partial charge in [-0.1, -0.05) is 25.7 Å². The van der Waals surface area contributed by atoms with E-state index in [1.807, 2.05) is 0 Å². The molecule has 0 bridgehead atoms. The van der Waals surface area contributed by atoms with Gasteiger partial charge in [0.25, 0.3) is 0 Å². The molecule has 6 nitrogen and oxygen atoms in total. The summed E-state index contributed by atoms with van der Waals surface area (Å²) in [7, 11) is 0. The Hall–Kier alpha value is -0.860. The summed E-state index contributed by atoms with van der Waals surface area (Å²) in [6.07, 6.45) is 13.2. The van der Waals surface area contributed by atoms with Gasteiger partial charge < -0.3 is 14.8 Å². The summed E-state index contributed by atoms with van der Waals surface area (Å²) in [5.74, 6) is 3.25. The summed E-state index contributed by atoms with van der Waals surface area (Å²) in [6.45, 7) is 7.08. The van der Waals surface area contributed by atoms with E-state index in [0.717, 1.165) is 43.7 Å². The largest absolute Gasteiger partial charge is 0.357 e. The Kier molecular flexibility index (Phi) is 7.39. The number of aryl methyl sites for hydroxylation is 1. The van der Waals surface area contributed by atoms with Gasteiger partial charge in [-0.3, -0.25) is 0 Å². The maximum absolute atomic E-state index is 4.96. The average molecular weight is 486 g/mol. The van der Waals surface area contributed by atoms with Gasteiger partial charge in [-0.2, -0.15) is 0 Å². The minimum atomic E-state index is 0. The van der Waals surface area contributed by atoms with E-state index in [1.54, 1.807) is 0 Å². The molecule has 0 amide bonds. The van der Waals surface area contributed by atoms with Gasteiger partial charge >= 0.3 is 0 Å². The summed E-state index contributed by atoms with van der Waals surface area (Å²) in [5.41, 5.74) is 0.556. The highest BCUT2D eigenvalue weighted by Gasteiger charge is 2.39. The smallest absolute Gasteiger partial charge is 0.194 e. The molecule has 3 heterocycles. The number of rotatable bonds is 3. The van der Waals surface area contributed by atoms with Crippen molar-refractivity contribution in [2.75, 3.05) is 19.6 Å². The Morgan fingerprint density at radius 1 is 1.04 bits per heavy atom. The van der Waals surface area contributed by atoms with Crippen LogP contribution >= 0.6 is 24.0 Å². The lowest BCUT2D eigenvalue weighted by Gasteiger charge is -2.33. The number of aromatic nitrogens is 3. The van der Waals surface area contributed by atoms with Crippen LogP contribution in [-0.4, -0.2) is 45.3 Å². The number of hydrogen-bond acceptors (Lipinski definition) is 3. The summed E-state index contributed by atoms with van der Waals surface area (Å²) in [4.78, 5) is 7.46. The van der Waals surface area contributed by atoms with Crippen molar-refractivity contribution >= 4 is 29.9 Å². The van der Waals surface area contributed by atoms with E-state index in [-0.39, 0.29) is 24.0 Å². The predicted octanol–water partition coefficient (Wildman–Crippen LogP) is 3.74. The summed E-state index contributed by atoms with van der Waals surface area (Å²) < 4.78 is 2.31. The molecule has 0 radical (unpaired) electrons. The van der Waals surface area contributed by atoms with Crippen LogP contribution in [0.4, 0.5) is 0 Å². The average Bonchev–Trinajstić information content (AvgIpc) is 3.16. The van der Waals surface area contributed by atoms with Gasteiger partial charge in [-0.05, 0) is 44.4 Å². The zero-order valence-electron chi connectivity index (χ0n) is 16.8. The van der Waals surface area contributed by atoms with E-state index >= 15 is 0 Å². The van der Waals surface area contributed by atoms with Gasteiger partial charge in [0.1, 0.15) is 12.4 Å². The van der Waals surface area contributed by atoms with Crippen molar-refractivity contribution in [3.63, 3.8) is 0 Å². The van der Waals surface area contributed by atoms with Gasteiger partial charge in [-0.25, -0.2) is 4.99 Å². The van der Waals surface area contributed by atoms with Crippen LogP contribution in [0, 0.1) is 5.41 Å². The van der Waals surface area contributed by atoms with Crippen molar-refractivity contribution in [2.45, 2.75) is 84.2 Å². The van der Waals surface area contributed by atoms with Crippen molar-refractivity contribution < 1.29 is 0 Å². The standard InChI is InChI=1S/C20H34N6.HI/c1-2-21-19(25-14-12-20(16-25)10-6-4-7-11-20)22-15-18-24-23-17-9-5-3-8-13-26(17)18;/h2-16H2,1H3,(H,21,22);1H. The quantitative estimate of drug-likeness (QED) is 0.402. The fourth-order valence-electron chi connectivity index (χ4n) is 5.06. The minimum Gasteiger partial charge on any atom is -0.357 e. The van der Waals surface area contributed by atoms with Crippen LogP contribution in [0.15, 0.2) is 4.99 Å². The molecule has 0 atom stereocenters. The van der Waals surface area contributed by atoms with Crippen LogP contribution in [0.5, 0.6) is 0 Å². The Morgan fingerprint density at radius 3 is 2.67 bits per heavy atom. The van der Waals surface area contributed by atoms with Crippen LogP contribution in [0.2, 0.25) is 0 Å². The zero-order valence-corrected chi connectivity index (χ0v) is 19.1. The number of nitrogens with zero attached hydrogens (tertiary/aromatic N) is 5. The van der Waals surface area contributed by atoms with E-state index in [0.29, 0.717) is 12.0 Å². The molecule has 0 unspecified atom stereocenters. The van der Waals surface area contributed by atoms with Crippen molar-refractivity contribution in [3.8, 4) is 0 Å². The fourth-order valence-corrected chi connectivity index (χ4v) is 5.06. The first-order valence-electron chi connectivity index (χ1n) is 10.7. The van der Waals surface area contributed by atoms with Gasteiger partial charge in [0.2, 0.25) is 0 Å². The first-order valence-corrected chi connectivity index (χ1v) is 10.7. The molecule has 1 spiro atoms. The van der Waals surface area contributed by atoms with Crippen LogP contribution in [0.25, 0.3) is 0 Å². The van der Waals surface area contributed by atoms with Crippen molar-refractivity contribution in [1.29, 1.82) is 0 Å². The SMILES string of the molecule is CCNC(=NCc1nnc2n1CCCCC2)N1CCC2(CCCCC2)C1.I. The van der Waals surface area contributed by atoms with E-state index < -0.39 is 0 Å². The lowest BCUT2D eigenvalue weighted by Crippen LogP contribution is -2.41. The van der Waals surface area contributed by atoms with Crippen LogP contribution in [0.1, 0.15) is 76.4 Å². The fraction of sp³-hybridized carbons (Fsp3) is 0.850.